The average molecular weight is 297 g/mol. The van der Waals surface area contributed by atoms with Gasteiger partial charge in [-0.2, -0.15) is 13.2 Å². The van der Waals surface area contributed by atoms with E-state index in [9.17, 15) is 26.7 Å². The minimum Gasteiger partial charge on any atom is -0.395 e. The van der Waals surface area contributed by atoms with Crippen molar-refractivity contribution in [2.45, 2.75) is 12.6 Å². The molecular weight excluding hydrogens is 285 g/mol. The lowest BCUT2D eigenvalue weighted by atomic mass is 10.1. The minimum atomic E-state index is -4.53. The first-order valence-corrected chi connectivity index (χ1v) is 5.61. The van der Waals surface area contributed by atoms with Gasteiger partial charge in [0.2, 0.25) is 0 Å². The third-order valence-electron chi connectivity index (χ3n) is 2.47. The molecule has 0 atom stereocenters. The summed E-state index contributed by atoms with van der Waals surface area (Å²) < 4.78 is 61.6. The second-order valence-electron chi connectivity index (χ2n) is 3.94. The lowest BCUT2D eigenvalue weighted by molar-refractivity contribution is -0.137. The normalized spacial score (nSPS) is 11.8. The second-order valence-corrected chi connectivity index (χ2v) is 3.94. The van der Waals surface area contributed by atoms with Crippen LogP contribution in [0.4, 0.5) is 22.0 Å². The van der Waals surface area contributed by atoms with Gasteiger partial charge in [0.25, 0.3) is 12.3 Å². The molecule has 0 fully saturated rings. The van der Waals surface area contributed by atoms with Gasteiger partial charge in [0.1, 0.15) is 0 Å². The smallest absolute Gasteiger partial charge is 0.395 e. The van der Waals surface area contributed by atoms with Crippen molar-refractivity contribution in [3.05, 3.63) is 35.4 Å². The lowest BCUT2D eigenvalue weighted by Gasteiger charge is -2.21. The van der Waals surface area contributed by atoms with E-state index in [-0.39, 0.29) is 12.1 Å². The minimum absolute atomic E-state index is 0.146. The molecule has 3 nitrogen and oxygen atoms in total. The molecule has 112 valence electrons. The summed E-state index contributed by atoms with van der Waals surface area (Å²) in [7, 11) is 0. The number of carbonyl (C=O) groups excluding carboxylic acids is 1. The largest absolute Gasteiger partial charge is 0.416 e. The Morgan fingerprint density at radius 3 is 2.15 bits per heavy atom. The first-order chi connectivity index (χ1) is 9.25. The van der Waals surface area contributed by atoms with E-state index in [1.807, 2.05) is 0 Å². The summed E-state index contributed by atoms with van der Waals surface area (Å²) in [5.74, 6) is -0.854. The van der Waals surface area contributed by atoms with Crippen LogP contribution < -0.4 is 0 Å². The molecule has 0 unspecified atom stereocenters. The number of nitrogens with zero attached hydrogens (tertiary/aromatic N) is 1. The van der Waals surface area contributed by atoms with Crippen LogP contribution in [0, 0.1) is 0 Å². The topological polar surface area (TPSA) is 40.5 Å². The molecule has 0 aliphatic heterocycles. The van der Waals surface area contributed by atoms with Gasteiger partial charge in [-0.25, -0.2) is 8.78 Å². The molecular formula is C12H12F5NO2. The van der Waals surface area contributed by atoms with Crippen LogP contribution in [0.25, 0.3) is 0 Å². The molecule has 0 saturated heterocycles. The Morgan fingerprint density at radius 2 is 1.75 bits per heavy atom. The second kappa shape index (κ2) is 6.65. The molecule has 0 saturated carbocycles. The molecule has 0 bridgehead atoms. The summed E-state index contributed by atoms with van der Waals surface area (Å²) in [6.45, 7) is -1.72. The Labute approximate surface area is 111 Å². The molecule has 8 heteroatoms. The zero-order valence-electron chi connectivity index (χ0n) is 10.2. The van der Waals surface area contributed by atoms with Crippen molar-refractivity contribution >= 4 is 5.91 Å². The summed E-state index contributed by atoms with van der Waals surface area (Å²) in [4.78, 5) is 12.5. The van der Waals surface area contributed by atoms with Gasteiger partial charge in [-0.3, -0.25) is 4.79 Å². The highest BCUT2D eigenvalue weighted by Crippen LogP contribution is 2.29. The van der Waals surface area contributed by atoms with Crippen LogP contribution in [0.2, 0.25) is 0 Å². The highest BCUT2D eigenvalue weighted by Gasteiger charge is 2.30. The first kappa shape index (κ1) is 16.4. The van der Waals surface area contributed by atoms with E-state index in [4.69, 9.17) is 5.11 Å². The van der Waals surface area contributed by atoms with Crippen LogP contribution in [0.15, 0.2) is 24.3 Å². The molecule has 0 aliphatic rings. The number of aliphatic hydroxyl groups is 1. The molecule has 0 aliphatic carbocycles. The summed E-state index contributed by atoms with van der Waals surface area (Å²) in [5.41, 5.74) is -1.08. The van der Waals surface area contributed by atoms with Gasteiger partial charge in [-0.15, -0.1) is 0 Å². The number of hydrogen-bond acceptors (Lipinski definition) is 2. The number of halogens is 5. The predicted molar refractivity (Wildman–Crippen MR) is 60.4 cm³/mol. The number of benzene rings is 1. The maximum atomic E-state index is 12.3. The number of carbonyl (C=O) groups is 1. The Kier molecular flexibility index (Phi) is 5.43. The molecule has 1 aromatic rings. The number of rotatable bonds is 5. The van der Waals surface area contributed by atoms with Crippen LogP contribution >= 0.6 is 0 Å². The van der Waals surface area contributed by atoms with Crippen LogP contribution in [-0.2, 0) is 6.18 Å². The van der Waals surface area contributed by atoms with Crippen LogP contribution in [0.3, 0.4) is 0 Å². The fourth-order valence-corrected chi connectivity index (χ4v) is 1.55. The Bertz CT molecular complexity index is 444. The quantitative estimate of drug-likeness (QED) is 0.848. The van der Waals surface area contributed by atoms with Crippen LogP contribution in [0.5, 0.6) is 0 Å². The van der Waals surface area contributed by atoms with E-state index in [1.54, 1.807) is 0 Å². The van der Waals surface area contributed by atoms with E-state index in [0.717, 1.165) is 12.1 Å². The first-order valence-electron chi connectivity index (χ1n) is 5.61. The Balaban J connectivity index is 2.89. The molecule has 1 N–H and O–H groups in total. The van der Waals surface area contributed by atoms with Gasteiger partial charge >= 0.3 is 6.18 Å². The van der Waals surface area contributed by atoms with E-state index < -0.39 is 37.2 Å². The van der Waals surface area contributed by atoms with Crippen molar-refractivity contribution in [3.63, 3.8) is 0 Å². The molecule has 1 aromatic carbocycles. The van der Waals surface area contributed by atoms with Crippen LogP contribution in [0.1, 0.15) is 15.9 Å². The van der Waals surface area contributed by atoms with Gasteiger partial charge in [0.05, 0.1) is 18.7 Å². The highest BCUT2D eigenvalue weighted by atomic mass is 19.4. The number of aliphatic hydroxyl groups excluding tert-OH is 1. The van der Waals surface area contributed by atoms with Crippen molar-refractivity contribution < 1.29 is 31.9 Å². The van der Waals surface area contributed by atoms with Crippen molar-refractivity contribution in [2.75, 3.05) is 19.7 Å². The summed E-state index contributed by atoms with van der Waals surface area (Å²) in [5, 5.41) is 8.71. The van der Waals surface area contributed by atoms with Gasteiger partial charge in [0.15, 0.2) is 0 Å². The van der Waals surface area contributed by atoms with E-state index in [2.05, 4.69) is 0 Å². The van der Waals surface area contributed by atoms with Crippen molar-refractivity contribution in [1.29, 1.82) is 0 Å². The molecule has 0 aromatic heterocycles. The van der Waals surface area contributed by atoms with E-state index >= 15 is 0 Å². The molecule has 1 amide bonds. The summed E-state index contributed by atoms with van der Waals surface area (Å²) in [6.07, 6.45) is -7.32. The molecule has 0 spiro atoms. The van der Waals surface area contributed by atoms with Gasteiger partial charge in [0, 0.05) is 12.1 Å². The zero-order valence-corrected chi connectivity index (χ0v) is 10.2. The van der Waals surface area contributed by atoms with E-state index in [0.29, 0.717) is 17.0 Å². The molecule has 20 heavy (non-hydrogen) atoms. The summed E-state index contributed by atoms with van der Waals surface area (Å²) in [6, 6.07) is 3.24. The van der Waals surface area contributed by atoms with Gasteiger partial charge in [-0.1, -0.05) is 0 Å². The fourth-order valence-electron chi connectivity index (χ4n) is 1.55. The fraction of sp³-hybridized carbons (Fsp3) is 0.417. The number of amides is 1. The number of hydrogen-bond donors (Lipinski definition) is 1. The SMILES string of the molecule is O=C(c1ccc(C(F)(F)F)cc1)N(CCO)CC(F)F. The summed E-state index contributed by atoms with van der Waals surface area (Å²) >= 11 is 0. The maximum Gasteiger partial charge on any atom is 0.416 e. The van der Waals surface area contributed by atoms with Crippen molar-refractivity contribution in [3.8, 4) is 0 Å². The average Bonchev–Trinajstić information content (AvgIpc) is 2.36. The monoisotopic (exact) mass is 297 g/mol. The maximum absolute atomic E-state index is 12.3. The standard InChI is InChI=1S/C12H12F5NO2/c13-10(14)7-18(5-6-19)11(20)8-1-3-9(4-2-8)12(15,16)17/h1-4,10,19H,5-7H2. The third-order valence-corrected chi connectivity index (χ3v) is 2.47. The lowest BCUT2D eigenvalue weighted by Crippen LogP contribution is -2.37. The predicted octanol–water partition coefficient (Wildman–Crippen LogP) is 2.41. The van der Waals surface area contributed by atoms with Gasteiger partial charge in [-0.05, 0) is 24.3 Å². The van der Waals surface area contributed by atoms with Crippen molar-refractivity contribution in [2.24, 2.45) is 0 Å². The zero-order chi connectivity index (χ0) is 15.3. The van der Waals surface area contributed by atoms with Gasteiger partial charge < -0.3 is 10.0 Å². The molecule has 0 radical (unpaired) electrons. The Hall–Kier alpha value is -1.70. The number of alkyl halides is 5. The molecule has 0 heterocycles. The highest BCUT2D eigenvalue weighted by molar-refractivity contribution is 5.94. The molecule has 1 rings (SSSR count). The van der Waals surface area contributed by atoms with Crippen molar-refractivity contribution in [1.82, 2.24) is 4.90 Å². The van der Waals surface area contributed by atoms with E-state index in [1.165, 1.54) is 0 Å². The third kappa shape index (κ3) is 4.44. The Morgan fingerprint density at radius 1 is 1.20 bits per heavy atom. The van der Waals surface area contributed by atoms with Crippen LogP contribution in [-0.4, -0.2) is 42.0 Å².